The van der Waals surface area contributed by atoms with Crippen molar-refractivity contribution in [2.75, 3.05) is 0 Å². The Morgan fingerprint density at radius 2 is 0.627 bits per heavy atom. The molecule has 0 radical (unpaired) electrons. The number of thiophene rings is 2. The molecule has 6 rings (SSSR count). The minimum atomic E-state index is 0. The molecule has 5 aromatic heterocycles. The molecule has 0 N–H and O–H groups in total. The number of nitrogens with zero attached hydrogens (tertiary/aromatic N) is 3. The summed E-state index contributed by atoms with van der Waals surface area (Å²) in [6.45, 7) is 56.7. The van der Waals surface area contributed by atoms with Gasteiger partial charge in [0.2, 0.25) is 0 Å². The number of aromatic nitrogens is 3. The van der Waals surface area contributed by atoms with Crippen molar-refractivity contribution in [3.8, 4) is 0 Å². The van der Waals surface area contributed by atoms with E-state index in [1.807, 2.05) is 226 Å². The van der Waals surface area contributed by atoms with E-state index in [9.17, 15) is 0 Å². The first kappa shape index (κ1) is 105. The Morgan fingerprint density at radius 3 is 0.761 bits per heavy atom. The molecule has 400 valence electrons. The van der Waals surface area contributed by atoms with Gasteiger partial charge in [-0.2, -0.15) is 0 Å². The van der Waals surface area contributed by atoms with Crippen LogP contribution in [0, 0.1) is 55.4 Å². The first-order valence-electron chi connectivity index (χ1n) is 23.8. The molecule has 0 aliphatic rings. The van der Waals surface area contributed by atoms with Crippen molar-refractivity contribution in [3.05, 3.63) is 170 Å². The lowest BCUT2D eigenvalue weighted by molar-refractivity contribution is 1.20. The van der Waals surface area contributed by atoms with E-state index in [4.69, 9.17) is 0 Å². The van der Waals surface area contributed by atoms with Gasteiger partial charge in [-0.15, -0.1) is 22.7 Å². The van der Waals surface area contributed by atoms with Gasteiger partial charge in [-0.3, -0.25) is 15.0 Å². The zero-order valence-corrected chi connectivity index (χ0v) is 47.9. The Kier molecular flexibility index (Phi) is 171. The Bertz CT molecular complexity index is 1210. The maximum atomic E-state index is 3.98. The number of hydrogen-bond acceptors (Lipinski definition) is 5. The van der Waals surface area contributed by atoms with Crippen LogP contribution in [-0.4, -0.2) is 15.0 Å². The Morgan fingerprint density at radius 1 is 0.299 bits per heavy atom. The number of hydrogen-bond donors (Lipinski definition) is 0. The van der Waals surface area contributed by atoms with Gasteiger partial charge in [-0.05, 0) is 131 Å². The van der Waals surface area contributed by atoms with Gasteiger partial charge in [0.15, 0.2) is 0 Å². The van der Waals surface area contributed by atoms with Gasteiger partial charge < -0.3 is 0 Å². The molecule has 5 heterocycles. The van der Waals surface area contributed by atoms with Crippen molar-refractivity contribution >= 4 is 22.7 Å². The summed E-state index contributed by atoms with van der Waals surface area (Å²) in [5.41, 5.74) is 7.68. The van der Waals surface area contributed by atoms with Crippen LogP contribution >= 0.6 is 22.7 Å². The summed E-state index contributed by atoms with van der Waals surface area (Å²) in [5, 5.41) is 4.23. The molecule has 0 spiro atoms. The second-order valence-corrected chi connectivity index (χ2v) is 11.7. The van der Waals surface area contributed by atoms with Crippen LogP contribution in [0.1, 0.15) is 219 Å². The van der Waals surface area contributed by atoms with Gasteiger partial charge in [0, 0.05) is 46.4 Å². The molecule has 0 saturated heterocycles. The van der Waals surface area contributed by atoms with Crippen LogP contribution in [0.4, 0.5) is 0 Å². The molecule has 0 unspecified atom stereocenters. The summed E-state index contributed by atoms with van der Waals surface area (Å²) < 4.78 is 0. The lowest BCUT2D eigenvalue weighted by Gasteiger charge is -1.82. The minimum absolute atomic E-state index is 0. The number of benzene rings is 1. The van der Waals surface area contributed by atoms with Gasteiger partial charge in [0.05, 0.1) is 0 Å². The van der Waals surface area contributed by atoms with Crippen LogP contribution < -0.4 is 0 Å². The second-order valence-electron chi connectivity index (χ2n) is 9.50. The standard InChI is InChI=1S/C7H8.3C6H7N.2C6H8S.10C2H6.5CH4/c1-7-5-3-2-4-6-7;1-6-2-4-7-5-3-6;1-6-3-2-4-7-5-6;1-6-4-2-3-5-7-6;2*1-5-3-4-7-6(5)2;10*1-2;;;;;/h2-6H,1H3;3*2-5H,1H3;2*3-4H,1-2H3;10*1-2H3;5*1H4. The van der Waals surface area contributed by atoms with Crippen molar-refractivity contribution in [2.24, 2.45) is 0 Å². The van der Waals surface area contributed by atoms with Crippen LogP contribution in [0.15, 0.2) is 127 Å². The Balaban J connectivity index is -0.0000000342. The SMILES string of the molecule is C.C.C.C.C.CC.CC.CC.CC.CC.CC.CC.CC.CC.CC.Cc1ccccc1.Cc1ccccn1.Cc1cccnc1.Cc1ccncc1.Cc1ccsc1C.Cc1ccsc1C. The Hall–Kier alpha value is -3.93. The van der Waals surface area contributed by atoms with Gasteiger partial charge in [0.25, 0.3) is 0 Å². The van der Waals surface area contributed by atoms with E-state index in [0.717, 1.165) is 5.69 Å². The van der Waals surface area contributed by atoms with Crippen LogP contribution in [0.3, 0.4) is 0 Å². The highest BCUT2D eigenvalue weighted by molar-refractivity contribution is 7.10. The summed E-state index contributed by atoms with van der Waals surface area (Å²) in [4.78, 5) is 14.6. The van der Waals surface area contributed by atoms with Gasteiger partial charge in [-0.25, -0.2) is 0 Å². The van der Waals surface area contributed by atoms with Gasteiger partial charge in [-0.1, -0.05) is 224 Å². The number of aryl methyl sites for hydroxylation is 8. The third-order valence-electron chi connectivity index (χ3n) is 5.65. The van der Waals surface area contributed by atoms with E-state index in [-0.39, 0.29) is 37.1 Å². The highest BCUT2D eigenvalue weighted by Crippen LogP contribution is 2.12. The van der Waals surface area contributed by atoms with E-state index in [2.05, 4.69) is 84.6 Å². The van der Waals surface area contributed by atoms with Crippen LogP contribution in [0.2, 0.25) is 0 Å². The summed E-state index contributed by atoms with van der Waals surface area (Å²) in [6.07, 6.45) is 8.97. The van der Waals surface area contributed by atoms with Crippen LogP contribution in [-0.2, 0) is 0 Å². The first-order chi connectivity index (χ1) is 30.2. The zero-order chi connectivity index (χ0) is 51.0. The summed E-state index contributed by atoms with van der Waals surface area (Å²) in [7, 11) is 0. The molecule has 0 fully saturated rings. The van der Waals surface area contributed by atoms with Gasteiger partial charge in [0.1, 0.15) is 0 Å². The fraction of sp³-hybridized carbons (Fsp3) is 0.532. The fourth-order valence-electron chi connectivity index (χ4n) is 2.75. The predicted octanol–water partition coefficient (Wildman–Crippen LogP) is 24.3. The van der Waals surface area contributed by atoms with Crippen molar-refractivity contribution in [1.29, 1.82) is 0 Å². The van der Waals surface area contributed by atoms with E-state index in [0.29, 0.717) is 0 Å². The molecule has 0 saturated carbocycles. The summed E-state index contributed by atoms with van der Waals surface area (Å²) >= 11 is 3.61. The summed E-state index contributed by atoms with van der Waals surface area (Å²) in [5.74, 6) is 0. The molecular formula is C62H125N3S2. The third-order valence-corrected chi connectivity index (χ3v) is 7.54. The van der Waals surface area contributed by atoms with Gasteiger partial charge >= 0.3 is 0 Å². The van der Waals surface area contributed by atoms with Crippen LogP contribution in [0.25, 0.3) is 0 Å². The smallest absolute Gasteiger partial charge is 0.0372 e. The molecule has 0 atom stereocenters. The summed E-state index contributed by atoms with van der Waals surface area (Å²) in [6, 6.07) is 28.3. The molecule has 0 bridgehead atoms. The molecule has 0 aliphatic carbocycles. The molecular weight excluding hydrogens is 851 g/mol. The number of pyridine rings is 3. The van der Waals surface area contributed by atoms with Crippen molar-refractivity contribution in [3.63, 3.8) is 0 Å². The van der Waals surface area contributed by atoms with Crippen molar-refractivity contribution in [1.82, 2.24) is 15.0 Å². The normalized spacial score (nSPS) is 6.51. The highest BCUT2D eigenvalue weighted by Gasteiger charge is 1.87. The topological polar surface area (TPSA) is 38.7 Å². The average Bonchev–Trinajstić information content (AvgIpc) is 3.95. The average molecular weight is 977 g/mol. The van der Waals surface area contributed by atoms with Crippen LogP contribution in [0.5, 0.6) is 0 Å². The maximum Gasteiger partial charge on any atom is 0.0372 e. The Labute approximate surface area is 436 Å². The zero-order valence-electron chi connectivity index (χ0n) is 46.3. The first-order valence-corrected chi connectivity index (χ1v) is 25.6. The van der Waals surface area contributed by atoms with E-state index in [1.54, 1.807) is 47.5 Å². The minimum Gasteiger partial charge on any atom is -0.265 e. The monoisotopic (exact) mass is 976 g/mol. The van der Waals surface area contributed by atoms with E-state index in [1.165, 1.54) is 37.6 Å². The maximum absolute atomic E-state index is 3.98. The third kappa shape index (κ3) is 96.9. The molecule has 67 heavy (non-hydrogen) atoms. The quantitative estimate of drug-likeness (QED) is 0.152. The fourth-order valence-corrected chi connectivity index (χ4v) is 4.21. The van der Waals surface area contributed by atoms with E-state index < -0.39 is 0 Å². The van der Waals surface area contributed by atoms with Crippen molar-refractivity contribution in [2.45, 2.75) is 231 Å². The molecule has 3 nitrogen and oxygen atoms in total. The predicted molar refractivity (Wildman–Crippen MR) is 333 cm³/mol. The second kappa shape index (κ2) is 109. The van der Waals surface area contributed by atoms with E-state index >= 15 is 0 Å². The largest absolute Gasteiger partial charge is 0.265 e. The highest BCUT2D eigenvalue weighted by atomic mass is 32.1. The molecule has 1 aromatic carbocycles. The van der Waals surface area contributed by atoms with Crippen molar-refractivity contribution < 1.29 is 0 Å². The lowest BCUT2D eigenvalue weighted by Crippen LogP contribution is -1.72. The molecule has 6 aromatic rings. The molecule has 0 amide bonds. The molecule has 5 heteroatoms. The molecule has 0 aliphatic heterocycles. The number of rotatable bonds is 0. The lowest BCUT2D eigenvalue weighted by atomic mass is 10.2.